The maximum absolute atomic E-state index is 5.88. The molecule has 3 heteroatoms. The molecular formula is C11H27N3. The Labute approximate surface area is 88.6 Å². The molecule has 0 radical (unpaired) electrons. The highest BCUT2D eigenvalue weighted by Crippen LogP contribution is 2.05. The zero-order chi connectivity index (χ0) is 10.6. The number of nitrogens with two attached hydrogens (primary N) is 2. The summed E-state index contributed by atoms with van der Waals surface area (Å²) in [6, 6.07) is 0. The minimum Gasteiger partial charge on any atom is -0.330 e. The highest BCUT2D eigenvalue weighted by atomic mass is 15.0. The van der Waals surface area contributed by atoms with E-state index in [4.69, 9.17) is 11.5 Å². The number of unbranched alkanes of at least 4 members (excludes halogenated alkanes) is 4. The van der Waals surface area contributed by atoms with Crippen LogP contribution in [0, 0.1) is 0 Å². The first-order valence-electron chi connectivity index (χ1n) is 6.00. The third-order valence-electron chi connectivity index (χ3n) is 2.41. The van der Waals surface area contributed by atoms with Gasteiger partial charge in [0.15, 0.2) is 0 Å². The summed E-state index contributed by atoms with van der Waals surface area (Å²) in [5.74, 6) is 0. The molecule has 0 aliphatic heterocycles. The summed E-state index contributed by atoms with van der Waals surface area (Å²) in [5, 5.41) is 3.27. The van der Waals surface area contributed by atoms with Crippen molar-refractivity contribution in [2.24, 2.45) is 11.5 Å². The van der Waals surface area contributed by atoms with Gasteiger partial charge in [-0.3, -0.25) is 0 Å². The van der Waals surface area contributed by atoms with Gasteiger partial charge in [0.2, 0.25) is 0 Å². The van der Waals surface area contributed by atoms with Gasteiger partial charge in [0.05, 0.1) is 6.17 Å². The lowest BCUT2D eigenvalue weighted by Crippen LogP contribution is -2.38. The van der Waals surface area contributed by atoms with Crippen LogP contribution < -0.4 is 16.8 Å². The van der Waals surface area contributed by atoms with Crippen molar-refractivity contribution < 1.29 is 0 Å². The van der Waals surface area contributed by atoms with Crippen LogP contribution in [0.3, 0.4) is 0 Å². The molecule has 0 aromatic carbocycles. The van der Waals surface area contributed by atoms with Gasteiger partial charge < -0.3 is 16.8 Å². The van der Waals surface area contributed by atoms with Crippen LogP contribution in [0.1, 0.15) is 51.9 Å². The van der Waals surface area contributed by atoms with E-state index in [0.29, 0.717) is 0 Å². The molecule has 3 nitrogen and oxygen atoms in total. The molecule has 0 fully saturated rings. The lowest BCUT2D eigenvalue weighted by molar-refractivity contribution is 0.462. The number of hydrogen-bond donors (Lipinski definition) is 3. The molecule has 0 saturated carbocycles. The molecule has 1 atom stereocenters. The summed E-state index contributed by atoms with van der Waals surface area (Å²) in [4.78, 5) is 0. The predicted molar refractivity (Wildman–Crippen MR) is 63.0 cm³/mol. The third kappa shape index (κ3) is 9.96. The molecule has 0 saturated heterocycles. The van der Waals surface area contributed by atoms with Crippen LogP contribution >= 0.6 is 0 Å². The minimum atomic E-state index is 0.170. The van der Waals surface area contributed by atoms with Crippen molar-refractivity contribution in [3.8, 4) is 0 Å². The lowest BCUT2D eigenvalue weighted by Gasteiger charge is -2.12. The van der Waals surface area contributed by atoms with Gasteiger partial charge in [-0.25, -0.2) is 0 Å². The topological polar surface area (TPSA) is 64.1 Å². The van der Waals surface area contributed by atoms with Crippen LogP contribution in [0.2, 0.25) is 0 Å². The van der Waals surface area contributed by atoms with E-state index < -0.39 is 0 Å². The Morgan fingerprint density at radius 2 is 1.79 bits per heavy atom. The van der Waals surface area contributed by atoms with Gasteiger partial charge in [-0.2, -0.15) is 0 Å². The van der Waals surface area contributed by atoms with Crippen molar-refractivity contribution in [2.45, 2.75) is 58.0 Å². The largest absolute Gasteiger partial charge is 0.330 e. The first-order valence-corrected chi connectivity index (χ1v) is 6.00. The van der Waals surface area contributed by atoms with Crippen molar-refractivity contribution in [3.05, 3.63) is 0 Å². The van der Waals surface area contributed by atoms with E-state index >= 15 is 0 Å². The van der Waals surface area contributed by atoms with Crippen LogP contribution in [0.15, 0.2) is 0 Å². The average molecular weight is 201 g/mol. The highest BCUT2D eigenvalue weighted by molar-refractivity contribution is 4.59. The molecular weight excluding hydrogens is 174 g/mol. The fourth-order valence-electron chi connectivity index (χ4n) is 1.46. The summed E-state index contributed by atoms with van der Waals surface area (Å²) in [5.41, 5.74) is 11.3. The summed E-state index contributed by atoms with van der Waals surface area (Å²) in [6.45, 7) is 3.93. The quantitative estimate of drug-likeness (QED) is 0.371. The van der Waals surface area contributed by atoms with Crippen molar-refractivity contribution >= 4 is 0 Å². The van der Waals surface area contributed by atoms with Crippen molar-refractivity contribution in [2.75, 3.05) is 13.1 Å². The van der Waals surface area contributed by atoms with Crippen LogP contribution in [0.25, 0.3) is 0 Å². The smallest absolute Gasteiger partial charge is 0.0546 e. The van der Waals surface area contributed by atoms with Gasteiger partial charge in [-0.15, -0.1) is 0 Å². The van der Waals surface area contributed by atoms with Gasteiger partial charge in [0, 0.05) is 0 Å². The maximum Gasteiger partial charge on any atom is 0.0546 e. The zero-order valence-corrected chi connectivity index (χ0v) is 9.60. The fraction of sp³-hybridized carbons (Fsp3) is 1.00. The molecule has 0 aromatic heterocycles. The van der Waals surface area contributed by atoms with E-state index in [1.165, 1.54) is 32.1 Å². The molecule has 0 aliphatic rings. The normalized spacial score (nSPS) is 13.1. The molecule has 0 aliphatic carbocycles. The SMILES string of the molecule is CCCCCCCC(N)NCCCN. The maximum atomic E-state index is 5.88. The number of hydrogen-bond acceptors (Lipinski definition) is 3. The standard InChI is InChI=1S/C11H27N3/c1-2-3-4-5-6-8-11(13)14-10-7-9-12/h11,14H,2-10,12-13H2,1H3. The Bertz CT molecular complexity index is 107. The van der Waals surface area contributed by atoms with E-state index in [2.05, 4.69) is 12.2 Å². The Morgan fingerprint density at radius 3 is 2.43 bits per heavy atom. The van der Waals surface area contributed by atoms with Crippen molar-refractivity contribution in [3.63, 3.8) is 0 Å². The molecule has 14 heavy (non-hydrogen) atoms. The van der Waals surface area contributed by atoms with E-state index in [-0.39, 0.29) is 6.17 Å². The fourth-order valence-corrected chi connectivity index (χ4v) is 1.46. The van der Waals surface area contributed by atoms with E-state index in [1.807, 2.05) is 0 Å². The van der Waals surface area contributed by atoms with Gasteiger partial charge in [-0.1, -0.05) is 39.0 Å². The van der Waals surface area contributed by atoms with Crippen molar-refractivity contribution in [1.82, 2.24) is 5.32 Å². The average Bonchev–Trinajstić information content (AvgIpc) is 2.18. The van der Waals surface area contributed by atoms with Crippen LogP contribution in [0.5, 0.6) is 0 Å². The molecule has 0 spiro atoms. The minimum absolute atomic E-state index is 0.170. The molecule has 0 amide bonds. The van der Waals surface area contributed by atoms with Crippen molar-refractivity contribution in [1.29, 1.82) is 0 Å². The first kappa shape index (κ1) is 13.9. The Morgan fingerprint density at radius 1 is 1.07 bits per heavy atom. The number of rotatable bonds is 10. The van der Waals surface area contributed by atoms with Crippen LogP contribution in [-0.4, -0.2) is 19.3 Å². The second-order valence-corrected chi connectivity index (χ2v) is 3.91. The third-order valence-corrected chi connectivity index (χ3v) is 2.41. The second-order valence-electron chi connectivity index (χ2n) is 3.91. The Hall–Kier alpha value is -0.120. The monoisotopic (exact) mass is 201 g/mol. The molecule has 0 heterocycles. The van der Waals surface area contributed by atoms with Crippen LogP contribution in [-0.2, 0) is 0 Å². The molecule has 0 bridgehead atoms. The van der Waals surface area contributed by atoms with Gasteiger partial charge in [0.1, 0.15) is 0 Å². The summed E-state index contributed by atoms with van der Waals surface area (Å²) in [7, 11) is 0. The molecule has 5 N–H and O–H groups in total. The molecule has 0 rings (SSSR count). The van der Waals surface area contributed by atoms with Crippen LogP contribution in [0.4, 0.5) is 0 Å². The molecule has 0 aromatic rings. The van der Waals surface area contributed by atoms with E-state index in [1.54, 1.807) is 0 Å². The van der Waals surface area contributed by atoms with E-state index in [0.717, 1.165) is 25.9 Å². The Balaban J connectivity index is 3.06. The molecule has 1 unspecified atom stereocenters. The second kappa shape index (κ2) is 11.0. The van der Waals surface area contributed by atoms with Gasteiger partial charge >= 0.3 is 0 Å². The predicted octanol–water partition coefficient (Wildman–Crippen LogP) is 1.57. The Kier molecular flexibility index (Phi) is 10.9. The first-order chi connectivity index (χ1) is 6.81. The highest BCUT2D eigenvalue weighted by Gasteiger charge is 1.99. The molecule has 86 valence electrons. The number of nitrogens with one attached hydrogen (secondary N) is 1. The lowest BCUT2D eigenvalue weighted by atomic mass is 10.1. The summed E-state index contributed by atoms with van der Waals surface area (Å²) in [6.07, 6.45) is 8.86. The summed E-state index contributed by atoms with van der Waals surface area (Å²) < 4.78 is 0. The van der Waals surface area contributed by atoms with Gasteiger partial charge in [-0.05, 0) is 25.9 Å². The van der Waals surface area contributed by atoms with Gasteiger partial charge in [0.25, 0.3) is 0 Å². The summed E-state index contributed by atoms with van der Waals surface area (Å²) >= 11 is 0. The van der Waals surface area contributed by atoms with E-state index in [9.17, 15) is 0 Å². The zero-order valence-electron chi connectivity index (χ0n) is 9.60.